The van der Waals surface area contributed by atoms with E-state index in [4.69, 9.17) is 9.47 Å². The molecule has 4 rings (SSSR count). The number of methoxy groups -OCH3 is 1. The average Bonchev–Trinajstić information content (AvgIpc) is 2.72. The highest BCUT2D eigenvalue weighted by molar-refractivity contribution is 5.88. The molecule has 1 fully saturated rings. The lowest BCUT2D eigenvalue weighted by Crippen LogP contribution is -2.42. The fourth-order valence-corrected chi connectivity index (χ4v) is 3.03. The Kier molecular flexibility index (Phi) is 5.08. The number of rotatable bonds is 5. The molecule has 3 heterocycles. The number of anilines is 1. The molecule has 0 bridgehead atoms. The van der Waals surface area contributed by atoms with Crippen LogP contribution in [0.25, 0.3) is 22.3 Å². The number of morpholine rings is 1. The second-order valence-electron chi connectivity index (χ2n) is 6.21. The number of fused-ring (bicyclic) bond motifs is 1. The minimum Gasteiger partial charge on any atom is -0.494 e. The van der Waals surface area contributed by atoms with E-state index < -0.39 is 5.82 Å². The van der Waals surface area contributed by atoms with E-state index in [1.807, 2.05) is 0 Å². The molecular weight excluding hydrogens is 349 g/mol. The van der Waals surface area contributed by atoms with Gasteiger partial charge < -0.3 is 20.1 Å². The average molecular weight is 369 g/mol. The number of nitrogens with one attached hydrogen (secondary N) is 2. The Bertz CT molecular complexity index is 947. The van der Waals surface area contributed by atoms with Gasteiger partial charge in [-0.3, -0.25) is 4.98 Å². The van der Waals surface area contributed by atoms with Crippen molar-refractivity contribution in [2.24, 2.45) is 0 Å². The van der Waals surface area contributed by atoms with Gasteiger partial charge in [-0.1, -0.05) is 0 Å². The summed E-state index contributed by atoms with van der Waals surface area (Å²) in [6, 6.07) is 6.56. The van der Waals surface area contributed by atoms with Crippen LogP contribution < -0.4 is 15.4 Å². The van der Waals surface area contributed by atoms with E-state index in [2.05, 4.69) is 25.6 Å². The minimum atomic E-state index is -0.438. The number of nitrogens with zero attached hydrogens (tertiary/aromatic N) is 3. The van der Waals surface area contributed by atoms with Gasteiger partial charge in [0.05, 0.1) is 31.0 Å². The van der Waals surface area contributed by atoms with E-state index in [1.54, 1.807) is 30.6 Å². The Balaban J connectivity index is 1.68. The summed E-state index contributed by atoms with van der Waals surface area (Å²) in [4.78, 5) is 13.4. The van der Waals surface area contributed by atoms with Crippen LogP contribution in [0, 0.1) is 5.82 Å². The topological polar surface area (TPSA) is 81.2 Å². The number of benzene rings is 1. The van der Waals surface area contributed by atoms with Crippen LogP contribution in [0.2, 0.25) is 0 Å². The van der Waals surface area contributed by atoms with Crippen LogP contribution in [0.5, 0.6) is 5.75 Å². The van der Waals surface area contributed by atoms with Crippen molar-refractivity contribution in [1.29, 1.82) is 0 Å². The number of halogens is 1. The van der Waals surface area contributed by atoms with E-state index in [-0.39, 0.29) is 11.9 Å². The summed E-state index contributed by atoms with van der Waals surface area (Å²) >= 11 is 0. The van der Waals surface area contributed by atoms with Gasteiger partial charge in [-0.25, -0.2) is 14.4 Å². The van der Waals surface area contributed by atoms with E-state index in [0.717, 1.165) is 13.1 Å². The molecular formula is C19H20FN5O2. The Morgan fingerprint density at radius 3 is 2.96 bits per heavy atom. The molecule has 1 aromatic carbocycles. The van der Waals surface area contributed by atoms with Gasteiger partial charge in [-0.15, -0.1) is 0 Å². The molecule has 0 saturated carbocycles. The number of aromatic nitrogens is 3. The first-order valence-electron chi connectivity index (χ1n) is 8.76. The summed E-state index contributed by atoms with van der Waals surface area (Å²) in [7, 11) is 1.44. The number of hydrogen-bond donors (Lipinski definition) is 2. The maximum absolute atomic E-state index is 14.1. The molecule has 1 atom stereocenters. The summed E-state index contributed by atoms with van der Waals surface area (Å²) in [5.74, 6) is 0.354. The fraction of sp³-hybridized carbons (Fsp3) is 0.316. The van der Waals surface area contributed by atoms with Crippen LogP contribution in [-0.2, 0) is 4.74 Å². The largest absolute Gasteiger partial charge is 0.494 e. The van der Waals surface area contributed by atoms with Crippen molar-refractivity contribution in [3.8, 4) is 17.0 Å². The van der Waals surface area contributed by atoms with Crippen molar-refractivity contribution in [1.82, 2.24) is 20.3 Å². The predicted molar refractivity (Wildman–Crippen MR) is 100 cm³/mol. The van der Waals surface area contributed by atoms with Crippen molar-refractivity contribution in [2.75, 3.05) is 38.7 Å². The highest BCUT2D eigenvalue weighted by atomic mass is 19.1. The Morgan fingerprint density at radius 2 is 2.19 bits per heavy atom. The zero-order valence-electron chi connectivity index (χ0n) is 14.9. The molecule has 0 unspecified atom stereocenters. The van der Waals surface area contributed by atoms with Crippen LogP contribution in [-0.4, -0.2) is 54.4 Å². The SMILES string of the molecule is COc1ccc(-c2cc3nccnc3c(NC[C@H]3CNCCO3)n2)cc1F. The Hall–Kier alpha value is -2.84. The standard InChI is InChI=1S/C19H20FN5O2/c1-26-17-3-2-12(8-14(17)20)15-9-16-18(23-5-4-22-16)19(25-15)24-11-13-10-21-6-7-27-13/h2-5,8-9,13,21H,6-7,10-11H2,1H3,(H,24,25)/t13-/m1/s1. The van der Waals surface area contributed by atoms with E-state index >= 15 is 0 Å². The second kappa shape index (κ2) is 7.81. The van der Waals surface area contributed by atoms with Gasteiger partial charge in [0.15, 0.2) is 17.4 Å². The van der Waals surface area contributed by atoms with Crippen molar-refractivity contribution in [3.05, 3.63) is 42.5 Å². The van der Waals surface area contributed by atoms with Gasteiger partial charge in [0.25, 0.3) is 0 Å². The van der Waals surface area contributed by atoms with Crippen LogP contribution in [0.4, 0.5) is 10.2 Å². The predicted octanol–water partition coefficient (Wildman–Crippen LogP) is 2.24. The monoisotopic (exact) mass is 369 g/mol. The van der Waals surface area contributed by atoms with Crippen LogP contribution in [0.1, 0.15) is 0 Å². The summed E-state index contributed by atoms with van der Waals surface area (Å²) in [6.45, 7) is 2.92. The molecule has 7 nitrogen and oxygen atoms in total. The first-order valence-corrected chi connectivity index (χ1v) is 8.76. The van der Waals surface area contributed by atoms with Crippen LogP contribution in [0.3, 0.4) is 0 Å². The quantitative estimate of drug-likeness (QED) is 0.714. The molecule has 0 spiro atoms. The summed E-state index contributed by atoms with van der Waals surface area (Å²) in [5.41, 5.74) is 2.59. The normalized spacial score (nSPS) is 17.0. The summed E-state index contributed by atoms with van der Waals surface area (Å²) in [5, 5.41) is 6.60. The molecule has 3 aromatic rings. The molecule has 27 heavy (non-hydrogen) atoms. The molecule has 2 aromatic heterocycles. The number of hydrogen-bond acceptors (Lipinski definition) is 7. The van der Waals surface area contributed by atoms with Crippen molar-refractivity contribution in [2.45, 2.75) is 6.10 Å². The van der Waals surface area contributed by atoms with E-state index in [1.165, 1.54) is 13.2 Å². The first-order chi connectivity index (χ1) is 13.2. The smallest absolute Gasteiger partial charge is 0.165 e. The zero-order chi connectivity index (χ0) is 18.6. The van der Waals surface area contributed by atoms with Crippen LogP contribution in [0.15, 0.2) is 36.7 Å². The number of pyridine rings is 1. The van der Waals surface area contributed by atoms with Gasteiger partial charge in [0, 0.05) is 37.6 Å². The van der Waals surface area contributed by atoms with Crippen molar-refractivity contribution in [3.63, 3.8) is 0 Å². The van der Waals surface area contributed by atoms with Gasteiger partial charge >= 0.3 is 0 Å². The highest BCUT2D eigenvalue weighted by Crippen LogP contribution is 2.28. The molecule has 1 saturated heterocycles. The van der Waals surface area contributed by atoms with Gasteiger partial charge in [0.2, 0.25) is 0 Å². The second-order valence-corrected chi connectivity index (χ2v) is 6.21. The molecule has 1 aliphatic rings. The molecule has 1 aliphatic heterocycles. The van der Waals surface area contributed by atoms with Gasteiger partial charge in [-0.05, 0) is 24.3 Å². The molecule has 0 amide bonds. The fourth-order valence-electron chi connectivity index (χ4n) is 3.03. The molecule has 140 valence electrons. The minimum absolute atomic E-state index is 0.0503. The lowest BCUT2D eigenvalue weighted by atomic mass is 10.1. The van der Waals surface area contributed by atoms with Gasteiger partial charge in [-0.2, -0.15) is 0 Å². The van der Waals surface area contributed by atoms with Gasteiger partial charge in [0.1, 0.15) is 5.52 Å². The van der Waals surface area contributed by atoms with E-state index in [9.17, 15) is 4.39 Å². The summed E-state index contributed by atoms with van der Waals surface area (Å²) < 4.78 is 24.8. The number of ether oxygens (including phenoxy) is 2. The third-order valence-electron chi connectivity index (χ3n) is 4.41. The van der Waals surface area contributed by atoms with Crippen LogP contribution >= 0.6 is 0 Å². The van der Waals surface area contributed by atoms with E-state index in [0.29, 0.717) is 41.3 Å². The zero-order valence-corrected chi connectivity index (χ0v) is 14.9. The van der Waals surface area contributed by atoms with Crippen molar-refractivity contribution >= 4 is 16.9 Å². The molecule has 0 aliphatic carbocycles. The lowest BCUT2D eigenvalue weighted by molar-refractivity contribution is 0.0372. The maximum Gasteiger partial charge on any atom is 0.165 e. The molecule has 2 N–H and O–H groups in total. The molecule has 8 heteroatoms. The maximum atomic E-state index is 14.1. The highest BCUT2D eigenvalue weighted by Gasteiger charge is 2.16. The Labute approximate surface area is 156 Å². The van der Waals surface area contributed by atoms with Crippen molar-refractivity contribution < 1.29 is 13.9 Å². The lowest BCUT2D eigenvalue weighted by Gasteiger charge is -2.24. The third kappa shape index (κ3) is 3.81. The first kappa shape index (κ1) is 17.6. The third-order valence-corrected chi connectivity index (χ3v) is 4.41. The Morgan fingerprint density at radius 1 is 1.30 bits per heavy atom. The molecule has 0 radical (unpaired) electrons. The summed E-state index contributed by atoms with van der Waals surface area (Å²) in [6.07, 6.45) is 3.30.